The average Bonchev–Trinajstić information content (AvgIpc) is 2.63. The lowest BCUT2D eigenvalue weighted by Gasteiger charge is -2.27. The van der Waals surface area contributed by atoms with Crippen molar-refractivity contribution in [2.75, 3.05) is 44.6 Å². The summed E-state index contributed by atoms with van der Waals surface area (Å²) in [5.74, 6) is 0.0312. The van der Waals surface area contributed by atoms with Crippen molar-refractivity contribution >= 4 is 17.3 Å². The summed E-state index contributed by atoms with van der Waals surface area (Å²) in [6, 6.07) is 5.59. The molecule has 0 spiro atoms. The fourth-order valence-corrected chi connectivity index (χ4v) is 2.91. The highest BCUT2D eigenvalue weighted by atomic mass is 16.5. The van der Waals surface area contributed by atoms with E-state index in [-0.39, 0.29) is 19.1 Å². The van der Waals surface area contributed by atoms with Crippen LogP contribution in [0.3, 0.4) is 0 Å². The van der Waals surface area contributed by atoms with E-state index in [9.17, 15) is 4.79 Å². The van der Waals surface area contributed by atoms with Crippen LogP contribution in [0.2, 0.25) is 0 Å². The molecule has 0 aromatic heterocycles. The fourth-order valence-electron chi connectivity index (χ4n) is 2.91. The van der Waals surface area contributed by atoms with E-state index < -0.39 is 5.41 Å². The van der Waals surface area contributed by atoms with Gasteiger partial charge in [-0.15, -0.1) is 0 Å². The van der Waals surface area contributed by atoms with Crippen molar-refractivity contribution in [2.45, 2.75) is 18.8 Å². The number of anilines is 2. The number of hydrogen-bond donors (Lipinski definition) is 1. The molecule has 1 aromatic carbocycles. The average molecular weight is 278 g/mol. The van der Waals surface area contributed by atoms with Crippen LogP contribution in [0.4, 0.5) is 11.4 Å². The molecule has 1 amide bonds. The Morgan fingerprint density at radius 1 is 1.25 bits per heavy atom. The molecule has 110 valence electrons. The van der Waals surface area contributed by atoms with Gasteiger partial charge < -0.3 is 20.1 Å². The van der Waals surface area contributed by atoms with Gasteiger partial charge in [0, 0.05) is 32.1 Å². The maximum absolute atomic E-state index is 12.9. The molecule has 0 radical (unpaired) electrons. The summed E-state index contributed by atoms with van der Waals surface area (Å²) in [5.41, 5.74) is 7.57. The monoisotopic (exact) mass is 278 g/mol. The molecule has 1 aliphatic rings. The highest BCUT2D eigenvalue weighted by Crippen LogP contribution is 2.43. The van der Waals surface area contributed by atoms with E-state index in [0.717, 1.165) is 17.7 Å². The molecular formula is C15H22N2O3. The summed E-state index contributed by atoms with van der Waals surface area (Å²) in [6.07, 6.45) is 0.894. The van der Waals surface area contributed by atoms with Crippen molar-refractivity contribution in [1.29, 1.82) is 0 Å². The number of rotatable bonds is 6. The Morgan fingerprint density at radius 3 is 2.45 bits per heavy atom. The van der Waals surface area contributed by atoms with Crippen molar-refractivity contribution in [1.82, 2.24) is 0 Å². The zero-order valence-corrected chi connectivity index (χ0v) is 12.3. The van der Waals surface area contributed by atoms with Gasteiger partial charge in [0.15, 0.2) is 0 Å². The predicted octanol–water partition coefficient (Wildman–Crippen LogP) is 1.56. The van der Waals surface area contributed by atoms with Gasteiger partial charge in [0.25, 0.3) is 0 Å². The van der Waals surface area contributed by atoms with E-state index in [0.29, 0.717) is 12.2 Å². The molecule has 0 saturated carbocycles. The van der Waals surface area contributed by atoms with E-state index in [1.54, 1.807) is 14.2 Å². The van der Waals surface area contributed by atoms with Crippen LogP contribution < -0.4 is 10.6 Å². The first kappa shape index (κ1) is 14.8. The molecule has 0 aliphatic carbocycles. The lowest BCUT2D eigenvalue weighted by Crippen LogP contribution is -2.47. The number of nitrogens with two attached hydrogens (primary N) is 1. The molecule has 0 saturated heterocycles. The van der Waals surface area contributed by atoms with Crippen molar-refractivity contribution in [2.24, 2.45) is 0 Å². The molecule has 0 atom stereocenters. The molecular weight excluding hydrogens is 256 g/mol. The van der Waals surface area contributed by atoms with E-state index in [1.165, 1.54) is 0 Å². The predicted molar refractivity (Wildman–Crippen MR) is 78.9 cm³/mol. The van der Waals surface area contributed by atoms with Crippen LogP contribution in [-0.2, 0) is 19.7 Å². The minimum Gasteiger partial charge on any atom is -0.399 e. The first-order valence-corrected chi connectivity index (χ1v) is 6.80. The third-order valence-corrected chi connectivity index (χ3v) is 3.71. The van der Waals surface area contributed by atoms with Crippen LogP contribution in [0, 0.1) is 0 Å². The minimum atomic E-state index is -0.788. The van der Waals surface area contributed by atoms with Gasteiger partial charge in [0.05, 0.1) is 13.2 Å². The molecule has 2 N–H and O–H groups in total. The summed E-state index contributed by atoms with van der Waals surface area (Å²) in [5, 5.41) is 0. The van der Waals surface area contributed by atoms with Gasteiger partial charge in [-0.05, 0) is 30.2 Å². The second-order valence-electron chi connectivity index (χ2n) is 5.18. The number of ether oxygens (including phenoxy) is 2. The number of carbonyl (C=O) groups is 1. The number of nitrogen functional groups attached to an aromatic ring is 1. The van der Waals surface area contributed by atoms with Crippen molar-refractivity contribution in [3.8, 4) is 0 Å². The number of hydrogen-bond acceptors (Lipinski definition) is 4. The Morgan fingerprint density at radius 2 is 1.90 bits per heavy atom. The molecule has 0 bridgehead atoms. The van der Waals surface area contributed by atoms with E-state index in [4.69, 9.17) is 15.2 Å². The highest BCUT2D eigenvalue weighted by molar-refractivity contribution is 6.08. The highest BCUT2D eigenvalue weighted by Gasteiger charge is 2.51. The summed E-state index contributed by atoms with van der Waals surface area (Å²) in [7, 11) is 3.19. The van der Waals surface area contributed by atoms with Crippen molar-refractivity contribution in [3.63, 3.8) is 0 Å². The largest absolute Gasteiger partial charge is 0.399 e. The smallest absolute Gasteiger partial charge is 0.242 e. The number of carbonyl (C=O) groups excluding carboxylic acids is 1. The van der Waals surface area contributed by atoms with Crippen LogP contribution in [0.1, 0.15) is 18.9 Å². The van der Waals surface area contributed by atoms with Crippen LogP contribution in [0.15, 0.2) is 18.2 Å². The van der Waals surface area contributed by atoms with Crippen molar-refractivity contribution in [3.05, 3.63) is 23.8 Å². The zero-order valence-electron chi connectivity index (χ0n) is 12.3. The standard InChI is InChI=1S/C15H22N2O3/c1-4-7-17-13-6-5-11(16)8-12(13)15(9-19-2,10-20-3)14(17)18/h5-6,8H,4,7,9-10,16H2,1-3H3. The normalized spacial score (nSPS) is 16.6. The SMILES string of the molecule is CCCN1C(=O)C(COC)(COC)c2cc(N)ccc21. The van der Waals surface area contributed by atoms with E-state index in [1.807, 2.05) is 23.1 Å². The second kappa shape index (κ2) is 5.81. The fraction of sp³-hybridized carbons (Fsp3) is 0.533. The topological polar surface area (TPSA) is 64.8 Å². The van der Waals surface area contributed by atoms with Crippen LogP contribution in [0.25, 0.3) is 0 Å². The number of methoxy groups -OCH3 is 2. The Balaban J connectivity index is 2.57. The molecule has 1 aliphatic heterocycles. The van der Waals surface area contributed by atoms with Crippen LogP contribution in [0.5, 0.6) is 0 Å². The summed E-state index contributed by atoms with van der Waals surface area (Å²) >= 11 is 0. The molecule has 5 heteroatoms. The molecule has 0 fully saturated rings. The Kier molecular flexibility index (Phi) is 4.30. The van der Waals surface area contributed by atoms with E-state index >= 15 is 0 Å². The first-order valence-electron chi connectivity index (χ1n) is 6.80. The molecule has 1 heterocycles. The van der Waals surface area contributed by atoms with E-state index in [2.05, 4.69) is 6.92 Å². The van der Waals surface area contributed by atoms with Crippen molar-refractivity contribution < 1.29 is 14.3 Å². The maximum Gasteiger partial charge on any atom is 0.242 e. The number of nitrogens with zero attached hydrogens (tertiary/aromatic N) is 1. The summed E-state index contributed by atoms with van der Waals surface area (Å²) in [4.78, 5) is 14.7. The Labute approximate surface area is 119 Å². The summed E-state index contributed by atoms with van der Waals surface area (Å²) in [6.45, 7) is 3.31. The maximum atomic E-state index is 12.9. The van der Waals surface area contributed by atoms with Gasteiger partial charge in [-0.2, -0.15) is 0 Å². The van der Waals surface area contributed by atoms with Gasteiger partial charge in [-0.3, -0.25) is 4.79 Å². The lowest BCUT2D eigenvalue weighted by molar-refractivity contribution is -0.127. The number of fused-ring (bicyclic) bond motifs is 1. The van der Waals surface area contributed by atoms with Gasteiger partial charge in [-0.25, -0.2) is 0 Å². The number of amides is 1. The van der Waals surface area contributed by atoms with Crippen LogP contribution in [-0.4, -0.2) is 39.9 Å². The third-order valence-electron chi connectivity index (χ3n) is 3.71. The van der Waals surface area contributed by atoms with Crippen LogP contribution >= 0.6 is 0 Å². The van der Waals surface area contributed by atoms with Gasteiger partial charge in [0.1, 0.15) is 5.41 Å². The second-order valence-corrected chi connectivity index (χ2v) is 5.18. The van der Waals surface area contributed by atoms with Gasteiger partial charge >= 0.3 is 0 Å². The third kappa shape index (κ3) is 2.17. The van der Waals surface area contributed by atoms with Gasteiger partial charge in [0.2, 0.25) is 5.91 Å². The zero-order chi connectivity index (χ0) is 14.8. The summed E-state index contributed by atoms with van der Waals surface area (Å²) < 4.78 is 10.6. The minimum absolute atomic E-state index is 0.0312. The molecule has 20 heavy (non-hydrogen) atoms. The quantitative estimate of drug-likeness (QED) is 0.802. The lowest BCUT2D eigenvalue weighted by atomic mass is 9.83. The number of benzene rings is 1. The Hall–Kier alpha value is -1.59. The molecule has 5 nitrogen and oxygen atoms in total. The Bertz CT molecular complexity index is 496. The molecule has 0 unspecified atom stereocenters. The van der Waals surface area contributed by atoms with Gasteiger partial charge in [-0.1, -0.05) is 6.92 Å². The first-order chi connectivity index (χ1) is 9.60. The molecule has 2 rings (SSSR count). The molecule has 1 aromatic rings.